The first-order chi connectivity index (χ1) is 5.29. The number of thioether (sulfide) groups is 1. The van der Waals surface area contributed by atoms with E-state index in [4.69, 9.17) is 0 Å². The second-order valence-corrected chi connectivity index (χ2v) is 4.26. The molecule has 4 heteroatoms. The van der Waals surface area contributed by atoms with Gasteiger partial charge in [-0.05, 0) is 6.42 Å². The van der Waals surface area contributed by atoms with Crippen LogP contribution in [0.1, 0.15) is 6.42 Å². The van der Waals surface area contributed by atoms with E-state index in [1.807, 2.05) is 0 Å². The van der Waals surface area contributed by atoms with Gasteiger partial charge in [-0.1, -0.05) is 0 Å². The zero-order valence-electron chi connectivity index (χ0n) is 6.30. The summed E-state index contributed by atoms with van der Waals surface area (Å²) in [6.45, 7) is 0.986. The number of rotatable bonds is 0. The minimum Gasteiger partial charge on any atom is -0.378 e. The molecule has 2 aliphatic heterocycles. The normalized spacial score (nSPS) is 44.1. The highest BCUT2D eigenvalue weighted by Crippen LogP contribution is 2.26. The number of ketones is 1. The Morgan fingerprint density at radius 3 is 3.27 bits per heavy atom. The van der Waals surface area contributed by atoms with Gasteiger partial charge in [0.1, 0.15) is 0 Å². The van der Waals surface area contributed by atoms with Gasteiger partial charge in [0.05, 0.1) is 11.0 Å². The van der Waals surface area contributed by atoms with Crippen molar-refractivity contribution < 1.29 is 9.80 Å². The summed E-state index contributed by atoms with van der Waals surface area (Å²) in [6, 6.07) is 0.119. The average Bonchev–Trinajstić information content (AvgIpc) is 2.34. The summed E-state index contributed by atoms with van der Waals surface area (Å²) in [5.74, 6) is 1.05. The molecule has 0 radical (unpaired) electrons. The Morgan fingerprint density at radius 2 is 2.55 bits per heavy atom. The minimum absolute atomic E-state index is 0.119. The maximum atomic E-state index is 11.3. The summed E-state index contributed by atoms with van der Waals surface area (Å²) < 4.78 is 0. The first-order valence-electron chi connectivity index (χ1n) is 3.86. The Kier molecular flexibility index (Phi) is 1.91. The molecule has 0 aromatic rings. The Balaban J connectivity index is 2.14. The summed E-state index contributed by atoms with van der Waals surface area (Å²) in [6.07, 6.45) is 1.11. The second-order valence-electron chi connectivity index (χ2n) is 3.03. The van der Waals surface area contributed by atoms with Gasteiger partial charge in [-0.25, -0.2) is 0 Å². The molecule has 2 heterocycles. The van der Waals surface area contributed by atoms with E-state index in [2.05, 4.69) is 12.5 Å². The third-order valence-corrected chi connectivity index (χ3v) is 3.70. The number of carbonyl (C=O) groups excluding carboxylic acids is 1. The van der Waals surface area contributed by atoms with Gasteiger partial charge in [0.15, 0.2) is 11.8 Å². The molecule has 3 unspecified atom stereocenters. The lowest BCUT2D eigenvalue weighted by Crippen LogP contribution is -3.20. The molecule has 2 fully saturated rings. The Hall–Kier alpha value is -0.0600. The fraction of sp³-hybridized carbons (Fsp3) is 0.714. The molecular weight excluding hydrogens is 160 g/mol. The van der Waals surface area contributed by atoms with Crippen LogP contribution in [-0.2, 0) is 4.79 Å². The van der Waals surface area contributed by atoms with E-state index in [0.29, 0.717) is 16.8 Å². The number of hydrogen-bond donors (Lipinski definition) is 2. The highest BCUT2D eigenvalue weighted by atomic mass is 32.2. The Morgan fingerprint density at radius 1 is 1.73 bits per heavy atom. The molecule has 0 aliphatic carbocycles. The highest BCUT2D eigenvalue weighted by Gasteiger charge is 2.41. The summed E-state index contributed by atoms with van der Waals surface area (Å²) in [5.41, 5.74) is 3.16. The second kappa shape index (κ2) is 2.77. The summed E-state index contributed by atoms with van der Waals surface area (Å²) in [5, 5.41) is 1.47. The molecular formula is C7H12N2OS. The third-order valence-electron chi connectivity index (χ3n) is 2.31. The molecule has 3 atom stereocenters. The zero-order valence-corrected chi connectivity index (χ0v) is 7.12. The molecule has 0 aromatic heterocycles. The number of fused-ring (bicyclic) bond motifs is 1. The summed E-state index contributed by atoms with van der Waals surface area (Å²) >= 11 is 1.79. The third kappa shape index (κ3) is 1.19. The lowest BCUT2D eigenvalue weighted by molar-refractivity contribution is -0.921. The van der Waals surface area contributed by atoms with Crippen molar-refractivity contribution in [3.05, 3.63) is 7.05 Å². The van der Waals surface area contributed by atoms with E-state index in [9.17, 15) is 4.79 Å². The van der Waals surface area contributed by atoms with Gasteiger partial charge in [0.25, 0.3) is 0 Å². The van der Waals surface area contributed by atoms with Crippen molar-refractivity contribution in [3.63, 3.8) is 0 Å². The van der Waals surface area contributed by atoms with E-state index < -0.39 is 0 Å². The monoisotopic (exact) mass is 172 g/mol. The molecule has 2 rings (SSSR count). The predicted molar refractivity (Wildman–Crippen MR) is 44.0 cm³/mol. The van der Waals surface area contributed by atoms with Gasteiger partial charge in [-0.15, -0.1) is 18.8 Å². The van der Waals surface area contributed by atoms with Gasteiger partial charge in [0.2, 0.25) is 0 Å². The smallest absolute Gasteiger partial charge is 0.200 e. The first-order valence-corrected chi connectivity index (χ1v) is 4.91. The van der Waals surface area contributed by atoms with Crippen LogP contribution in [-0.4, -0.2) is 29.4 Å². The van der Waals surface area contributed by atoms with Crippen LogP contribution < -0.4 is 10.4 Å². The summed E-state index contributed by atoms with van der Waals surface area (Å²) in [4.78, 5) is 11.3. The molecule has 2 aliphatic rings. The molecule has 11 heavy (non-hydrogen) atoms. The van der Waals surface area contributed by atoms with Crippen molar-refractivity contribution in [1.82, 2.24) is 5.43 Å². The number of hydrogen-bond acceptors (Lipinski definition) is 3. The molecule has 2 saturated heterocycles. The fourth-order valence-electron chi connectivity index (χ4n) is 1.74. The van der Waals surface area contributed by atoms with E-state index >= 15 is 0 Å². The van der Waals surface area contributed by atoms with E-state index in [-0.39, 0.29) is 6.04 Å². The molecule has 0 spiro atoms. The van der Waals surface area contributed by atoms with Crippen LogP contribution in [0.25, 0.3) is 0 Å². The lowest BCUT2D eigenvalue weighted by Gasteiger charge is -2.34. The van der Waals surface area contributed by atoms with Crippen LogP contribution in [0.2, 0.25) is 0 Å². The topological polar surface area (TPSA) is 33.5 Å². The van der Waals surface area contributed by atoms with Crippen LogP contribution in [0, 0.1) is 7.05 Å². The van der Waals surface area contributed by atoms with Gasteiger partial charge in [-0.2, -0.15) is 5.43 Å². The van der Waals surface area contributed by atoms with E-state index in [1.165, 1.54) is 0 Å². The van der Waals surface area contributed by atoms with Crippen LogP contribution in [0.15, 0.2) is 0 Å². The lowest BCUT2D eigenvalue weighted by atomic mass is 10.1. The first kappa shape index (κ1) is 7.58. The Labute approximate surface area is 70.5 Å². The van der Waals surface area contributed by atoms with Crippen molar-refractivity contribution in [2.75, 3.05) is 12.3 Å². The largest absolute Gasteiger partial charge is 0.378 e. The standard InChI is InChI=1S/C7H12N2OS/c1-9-7-5(10)4-11-6(7)2-3-8-9/h6-9H,1-4H2. The maximum Gasteiger partial charge on any atom is 0.200 e. The molecule has 0 saturated carbocycles. The quantitative estimate of drug-likeness (QED) is 0.442. The van der Waals surface area contributed by atoms with Crippen molar-refractivity contribution in [2.24, 2.45) is 0 Å². The molecule has 3 nitrogen and oxygen atoms in total. The highest BCUT2D eigenvalue weighted by molar-refractivity contribution is 8.01. The summed E-state index contributed by atoms with van der Waals surface area (Å²) in [7, 11) is 3.86. The SMILES string of the molecule is [CH2-][NH+]1NCCC2SCC(=O)C21. The molecule has 0 amide bonds. The van der Waals surface area contributed by atoms with Crippen LogP contribution in [0.3, 0.4) is 0 Å². The van der Waals surface area contributed by atoms with Crippen molar-refractivity contribution in [3.8, 4) is 0 Å². The average molecular weight is 172 g/mol. The van der Waals surface area contributed by atoms with Crippen LogP contribution in [0.4, 0.5) is 0 Å². The Bertz CT molecular complexity index is 185. The predicted octanol–water partition coefficient (Wildman–Crippen LogP) is -1.38. The van der Waals surface area contributed by atoms with Crippen LogP contribution >= 0.6 is 11.8 Å². The van der Waals surface area contributed by atoms with Gasteiger partial charge in [-0.3, -0.25) is 4.79 Å². The van der Waals surface area contributed by atoms with Crippen molar-refractivity contribution >= 4 is 17.5 Å². The molecule has 0 aromatic carbocycles. The minimum atomic E-state index is 0.119. The van der Waals surface area contributed by atoms with Crippen LogP contribution in [0.5, 0.6) is 0 Å². The number of nitrogens with one attached hydrogen (secondary N) is 2. The number of Topliss-reactive ketones (excluding diaryl/α,β-unsaturated/α-hetero) is 1. The van der Waals surface area contributed by atoms with E-state index in [0.717, 1.165) is 18.0 Å². The fourth-order valence-corrected chi connectivity index (χ4v) is 3.09. The van der Waals surface area contributed by atoms with Gasteiger partial charge < -0.3 is 5.01 Å². The maximum absolute atomic E-state index is 11.3. The molecule has 62 valence electrons. The van der Waals surface area contributed by atoms with E-state index in [1.54, 1.807) is 11.8 Å². The molecule has 0 bridgehead atoms. The molecule has 2 N–H and O–H groups in total. The van der Waals surface area contributed by atoms with Gasteiger partial charge >= 0.3 is 0 Å². The zero-order chi connectivity index (χ0) is 7.84. The number of carbonyl (C=O) groups is 1. The number of quaternary nitrogens is 1. The van der Waals surface area contributed by atoms with Gasteiger partial charge in [0, 0.05) is 6.54 Å². The van der Waals surface area contributed by atoms with Crippen molar-refractivity contribution in [2.45, 2.75) is 17.7 Å². The van der Waals surface area contributed by atoms with Crippen molar-refractivity contribution in [1.29, 1.82) is 0 Å².